The van der Waals surface area contributed by atoms with E-state index in [1.807, 2.05) is 24.3 Å². The fourth-order valence-corrected chi connectivity index (χ4v) is 4.07. The molecule has 3 aromatic rings. The largest absolute Gasteiger partial charge is 0.493 e. The van der Waals surface area contributed by atoms with Crippen molar-refractivity contribution in [2.75, 3.05) is 63.7 Å². The Morgan fingerprint density at radius 2 is 1.81 bits per heavy atom. The molecular formula is C22H26FN5O2S. The first-order valence-corrected chi connectivity index (χ1v) is 10.6. The topological polar surface area (TPSA) is 65.7 Å². The molecule has 0 aliphatic carbocycles. The van der Waals surface area contributed by atoms with Crippen molar-refractivity contribution in [1.29, 1.82) is 0 Å². The van der Waals surface area contributed by atoms with Gasteiger partial charge in [0, 0.05) is 50.7 Å². The lowest BCUT2D eigenvalue weighted by molar-refractivity contribution is 0.266. The number of halogens is 1. The minimum Gasteiger partial charge on any atom is -0.493 e. The van der Waals surface area contributed by atoms with E-state index < -0.39 is 0 Å². The van der Waals surface area contributed by atoms with Crippen molar-refractivity contribution in [2.45, 2.75) is 0 Å². The number of ether oxygens (including phenoxy) is 2. The van der Waals surface area contributed by atoms with Gasteiger partial charge < -0.3 is 24.7 Å². The third-order valence-electron chi connectivity index (χ3n) is 5.52. The number of rotatable bonds is 7. The zero-order valence-electron chi connectivity index (χ0n) is 17.7. The monoisotopic (exact) mass is 443 g/mol. The molecule has 0 radical (unpaired) electrons. The van der Waals surface area contributed by atoms with E-state index in [0.717, 1.165) is 50.2 Å². The fraction of sp³-hybridized carbons (Fsp3) is 0.364. The van der Waals surface area contributed by atoms with E-state index in [-0.39, 0.29) is 5.82 Å². The summed E-state index contributed by atoms with van der Waals surface area (Å²) in [5.41, 5.74) is 1.51. The maximum Gasteiger partial charge on any atom is 0.199 e. The van der Waals surface area contributed by atoms with Gasteiger partial charge in [0.2, 0.25) is 0 Å². The smallest absolute Gasteiger partial charge is 0.199 e. The van der Waals surface area contributed by atoms with E-state index in [1.54, 1.807) is 20.3 Å². The highest BCUT2D eigenvalue weighted by atomic mass is 32.1. The number of benzene rings is 2. The summed E-state index contributed by atoms with van der Waals surface area (Å²) in [4.78, 5) is 12.0. The van der Waals surface area contributed by atoms with E-state index in [4.69, 9.17) is 21.7 Å². The van der Waals surface area contributed by atoms with Gasteiger partial charge in [-0.2, -0.15) is 0 Å². The van der Waals surface area contributed by atoms with Crippen molar-refractivity contribution < 1.29 is 13.9 Å². The third kappa shape index (κ3) is 4.72. The normalized spacial score (nSPS) is 14.6. The van der Waals surface area contributed by atoms with Crippen LogP contribution in [0.25, 0.3) is 10.9 Å². The van der Waals surface area contributed by atoms with E-state index in [1.165, 1.54) is 6.07 Å². The highest BCUT2D eigenvalue weighted by Gasteiger charge is 2.19. The highest BCUT2D eigenvalue weighted by molar-refractivity contribution is 7.71. The van der Waals surface area contributed by atoms with Crippen LogP contribution in [0.5, 0.6) is 11.5 Å². The molecule has 0 bridgehead atoms. The molecule has 2 heterocycles. The Balaban J connectivity index is 1.39. The molecule has 164 valence electrons. The number of H-pyrrole nitrogens is 1. The number of anilines is 2. The van der Waals surface area contributed by atoms with Crippen molar-refractivity contribution in [3.8, 4) is 11.5 Å². The molecule has 0 unspecified atom stereocenters. The summed E-state index contributed by atoms with van der Waals surface area (Å²) in [7, 11) is 3.21. The second kappa shape index (κ2) is 9.49. The zero-order chi connectivity index (χ0) is 21.8. The molecule has 1 fully saturated rings. The van der Waals surface area contributed by atoms with Crippen molar-refractivity contribution in [3.05, 3.63) is 47.0 Å². The Morgan fingerprint density at radius 3 is 2.52 bits per heavy atom. The second-order valence-corrected chi connectivity index (χ2v) is 7.74. The van der Waals surface area contributed by atoms with Gasteiger partial charge in [-0.05, 0) is 30.4 Å². The molecule has 1 aliphatic rings. The molecular weight excluding hydrogens is 417 g/mol. The van der Waals surface area contributed by atoms with Crippen LogP contribution >= 0.6 is 12.2 Å². The summed E-state index contributed by atoms with van der Waals surface area (Å²) in [5, 5.41) is 4.29. The number of aromatic nitrogens is 2. The lowest BCUT2D eigenvalue weighted by Gasteiger charge is -2.36. The third-order valence-corrected chi connectivity index (χ3v) is 5.71. The van der Waals surface area contributed by atoms with Gasteiger partial charge in [0.25, 0.3) is 0 Å². The Kier molecular flexibility index (Phi) is 6.53. The molecule has 1 aromatic heterocycles. The van der Waals surface area contributed by atoms with Gasteiger partial charge in [-0.1, -0.05) is 12.1 Å². The van der Waals surface area contributed by atoms with Crippen molar-refractivity contribution in [1.82, 2.24) is 14.9 Å². The van der Waals surface area contributed by atoms with Crippen LogP contribution in [0, 0.1) is 10.6 Å². The van der Waals surface area contributed by atoms with Crippen LogP contribution in [0.1, 0.15) is 0 Å². The van der Waals surface area contributed by atoms with Crippen molar-refractivity contribution in [3.63, 3.8) is 0 Å². The molecule has 4 rings (SSSR count). The summed E-state index contributed by atoms with van der Waals surface area (Å²) in [6.45, 7) is 4.93. The van der Waals surface area contributed by atoms with Crippen LogP contribution in [0.2, 0.25) is 0 Å². The minimum absolute atomic E-state index is 0.164. The van der Waals surface area contributed by atoms with Gasteiger partial charge in [-0.3, -0.25) is 4.90 Å². The van der Waals surface area contributed by atoms with Gasteiger partial charge in [0.15, 0.2) is 16.3 Å². The average Bonchev–Trinajstić information content (AvgIpc) is 2.79. The first-order valence-electron chi connectivity index (χ1n) is 10.2. The van der Waals surface area contributed by atoms with Gasteiger partial charge >= 0.3 is 0 Å². The summed E-state index contributed by atoms with van der Waals surface area (Å²) < 4.78 is 25.2. The maximum atomic E-state index is 14.0. The van der Waals surface area contributed by atoms with Gasteiger partial charge in [-0.15, -0.1) is 0 Å². The molecule has 9 heteroatoms. The fourth-order valence-electron chi connectivity index (χ4n) is 3.87. The molecule has 2 aromatic carbocycles. The number of aromatic amines is 1. The summed E-state index contributed by atoms with van der Waals surface area (Å²) in [6, 6.07) is 10.7. The lowest BCUT2D eigenvalue weighted by atomic mass is 10.2. The second-order valence-electron chi connectivity index (χ2n) is 7.35. The summed E-state index contributed by atoms with van der Waals surface area (Å²) in [5.74, 6) is 1.81. The van der Waals surface area contributed by atoms with Crippen LogP contribution in [-0.4, -0.2) is 68.4 Å². The molecule has 2 N–H and O–H groups in total. The number of fused-ring (bicyclic) bond motifs is 1. The average molecular weight is 444 g/mol. The van der Waals surface area contributed by atoms with Crippen molar-refractivity contribution >= 4 is 34.6 Å². The van der Waals surface area contributed by atoms with E-state index >= 15 is 0 Å². The molecule has 0 amide bonds. The predicted octanol–water partition coefficient (Wildman–Crippen LogP) is 3.68. The van der Waals surface area contributed by atoms with Gasteiger partial charge in [0.05, 0.1) is 25.4 Å². The maximum absolute atomic E-state index is 14.0. The molecule has 0 spiro atoms. The van der Waals surface area contributed by atoms with Crippen molar-refractivity contribution in [2.24, 2.45) is 0 Å². The van der Waals surface area contributed by atoms with Gasteiger partial charge in [-0.25, -0.2) is 9.37 Å². The predicted molar refractivity (Wildman–Crippen MR) is 124 cm³/mol. The van der Waals surface area contributed by atoms with Crippen LogP contribution in [0.15, 0.2) is 36.4 Å². The summed E-state index contributed by atoms with van der Waals surface area (Å²) in [6.07, 6.45) is 0. The molecule has 1 saturated heterocycles. The zero-order valence-corrected chi connectivity index (χ0v) is 18.5. The number of piperazine rings is 1. The van der Waals surface area contributed by atoms with Crippen LogP contribution in [-0.2, 0) is 0 Å². The number of nitrogens with one attached hydrogen (secondary N) is 2. The Hall–Kier alpha value is -2.91. The SMILES string of the molecule is COc1cc2[nH]c(=S)nc(NCCN3CCN(c4ccccc4F)CC3)c2cc1OC. The van der Waals surface area contributed by atoms with E-state index in [9.17, 15) is 4.39 Å². The first kappa shape index (κ1) is 21.3. The van der Waals surface area contributed by atoms with Crippen LogP contribution in [0.4, 0.5) is 15.9 Å². The molecule has 7 nitrogen and oxygen atoms in total. The number of nitrogens with zero attached hydrogens (tertiary/aromatic N) is 3. The van der Waals surface area contributed by atoms with Crippen LogP contribution < -0.4 is 19.7 Å². The molecule has 0 atom stereocenters. The van der Waals surface area contributed by atoms with E-state index in [0.29, 0.717) is 27.8 Å². The Morgan fingerprint density at radius 1 is 1.10 bits per heavy atom. The molecule has 1 aliphatic heterocycles. The number of hydrogen-bond donors (Lipinski definition) is 2. The number of para-hydroxylation sites is 1. The quantitative estimate of drug-likeness (QED) is 0.540. The van der Waals surface area contributed by atoms with E-state index in [2.05, 4.69) is 25.1 Å². The Bertz CT molecular complexity index is 1110. The Labute approximate surface area is 185 Å². The van der Waals surface area contributed by atoms with Crippen LogP contribution in [0.3, 0.4) is 0 Å². The molecule has 31 heavy (non-hydrogen) atoms. The highest BCUT2D eigenvalue weighted by Crippen LogP contribution is 2.33. The molecule has 0 saturated carbocycles. The number of hydrogen-bond acceptors (Lipinski definition) is 7. The standard InChI is InChI=1S/C22H26FN5O2S/c1-29-19-13-15-17(14-20(19)30-2)25-22(31)26-21(15)24-7-8-27-9-11-28(12-10-27)18-6-4-3-5-16(18)23/h3-6,13-14H,7-12H2,1-2H3,(H2,24,25,26,31). The number of methoxy groups -OCH3 is 2. The first-order chi connectivity index (χ1) is 15.1. The minimum atomic E-state index is -0.164. The van der Waals surface area contributed by atoms with Gasteiger partial charge in [0.1, 0.15) is 11.6 Å². The summed E-state index contributed by atoms with van der Waals surface area (Å²) >= 11 is 5.29. The lowest BCUT2D eigenvalue weighted by Crippen LogP contribution is -2.47.